The van der Waals surface area contributed by atoms with E-state index in [0.717, 1.165) is 5.69 Å². The zero-order chi connectivity index (χ0) is 18.7. The summed E-state index contributed by atoms with van der Waals surface area (Å²) in [5, 5.41) is 6.82. The number of hydrogen-bond donors (Lipinski definition) is 1. The second-order valence-corrected chi connectivity index (χ2v) is 8.81. The molecule has 26 heavy (non-hydrogen) atoms. The van der Waals surface area contributed by atoms with Gasteiger partial charge in [0.15, 0.2) is 8.29 Å². The van der Waals surface area contributed by atoms with Crippen molar-refractivity contribution < 1.29 is 9.18 Å². The molecular weight excluding hydrogens is 389 g/mol. The van der Waals surface area contributed by atoms with Gasteiger partial charge in [-0.1, -0.05) is 47.4 Å². The number of rotatable bonds is 5. The molecule has 1 heterocycles. The van der Waals surface area contributed by atoms with E-state index in [1.807, 2.05) is 30.3 Å². The summed E-state index contributed by atoms with van der Waals surface area (Å²) >= 11 is 8.05. The summed E-state index contributed by atoms with van der Waals surface area (Å²) in [6.45, 7) is 3.46. The lowest BCUT2D eigenvalue weighted by atomic mass is 10.2. The summed E-state index contributed by atoms with van der Waals surface area (Å²) in [7, 11) is 0. The molecule has 1 aromatic heterocycles. The predicted octanol–water partition coefficient (Wildman–Crippen LogP) is 5.23. The molecule has 0 saturated carbocycles. The number of nitrogens with zero attached hydrogens (tertiary/aromatic N) is 2. The van der Waals surface area contributed by atoms with Gasteiger partial charge in [-0.3, -0.25) is 4.79 Å². The highest BCUT2D eigenvalue weighted by molar-refractivity contribution is 8.02. The molecule has 2 aromatic carbocycles. The molecular formula is C18H16FN3OS3. The first-order chi connectivity index (χ1) is 12.4. The van der Waals surface area contributed by atoms with Gasteiger partial charge in [0, 0.05) is 5.69 Å². The molecule has 0 unspecified atom stereocenters. The molecule has 3 rings (SSSR count). The van der Waals surface area contributed by atoms with Crippen LogP contribution in [0.15, 0.2) is 52.9 Å². The largest absolute Gasteiger partial charge is 0.325 e. The van der Waals surface area contributed by atoms with Gasteiger partial charge in [-0.05, 0) is 55.9 Å². The predicted molar refractivity (Wildman–Crippen MR) is 107 cm³/mol. The second-order valence-electron chi connectivity index (χ2n) is 5.59. The Balaban J connectivity index is 1.69. The van der Waals surface area contributed by atoms with Crippen LogP contribution >= 0.6 is 35.3 Å². The summed E-state index contributed by atoms with van der Waals surface area (Å²) in [6, 6.07) is 14.2. The van der Waals surface area contributed by atoms with E-state index in [1.54, 1.807) is 30.7 Å². The summed E-state index contributed by atoms with van der Waals surface area (Å²) in [5.41, 5.74) is 1.86. The summed E-state index contributed by atoms with van der Waals surface area (Å²) < 4.78 is 16.6. The molecule has 134 valence electrons. The average molecular weight is 406 g/mol. The van der Waals surface area contributed by atoms with Crippen molar-refractivity contribution in [2.75, 3.05) is 5.32 Å². The van der Waals surface area contributed by atoms with Gasteiger partial charge in [0.05, 0.1) is 10.9 Å². The Morgan fingerprint density at radius 3 is 2.73 bits per heavy atom. The Hall–Kier alpha value is -2.03. The van der Waals surface area contributed by atoms with Crippen LogP contribution in [0.1, 0.15) is 12.5 Å². The highest BCUT2D eigenvalue weighted by atomic mass is 32.2. The molecule has 4 nitrogen and oxygen atoms in total. The van der Waals surface area contributed by atoms with E-state index in [9.17, 15) is 9.18 Å². The molecule has 0 aliphatic rings. The Bertz CT molecular complexity index is 985. The third-order valence-corrected chi connectivity index (χ3v) is 6.03. The van der Waals surface area contributed by atoms with E-state index in [2.05, 4.69) is 10.4 Å². The lowest BCUT2D eigenvalue weighted by molar-refractivity contribution is -0.115. The summed E-state index contributed by atoms with van der Waals surface area (Å²) in [6.07, 6.45) is 0. The fourth-order valence-corrected chi connectivity index (χ4v) is 4.67. The van der Waals surface area contributed by atoms with Crippen LogP contribution in [0, 0.1) is 16.7 Å². The number of nitrogens with one attached hydrogen (secondary N) is 1. The standard InChI is InChI=1S/C18H16FN3OS3/c1-11-8-9-13(10-15(11)19)20-16(23)12(2)25-17-21-22(18(24)26-17)14-6-4-3-5-7-14/h3-10,12H,1-2H3,(H,20,23)/t12-/m0/s1. The summed E-state index contributed by atoms with van der Waals surface area (Å²) in [4.78, 5) is 12.4. The number of para-hydroxylation sites is 1. The molecule has 0 bridgehead atoms. The number of hydrogen-bond acceptors (Lipinski definition) is 5. The minimum atomic E-state index is -0.399. The molecule has 1 amide bonds. The van der Waals surface area contributed by atoms with E-state index >= 15 is 0 Å². The lowest BCUT2D eigenvalue weighted by Crippen LogP contribution is -2.22. The minimum absolute atomic E-state index is 0.217. The van der Waals surface area contributed by atoms with Crippen molar-refractivity contribution >= 4 is 46.9 Å². The molecule has 8 heteroatoms. The number of anilines is 1. The van der Waals surface area contributed by atoms with Gasteiger partial charge < -0.3 is 5.32 Å². The number of aromatic nitrogens is 2. The maximum Gasteiger partial charge on any atom is 0.237 e. The van der Waals surface area contributed by atoms with Crippen LogP contribution in [0.4, 0.5) is 10.1 Å². The van der Waals surface area contributed by atoms with Gasteiger partial charge in [-0.15, -0.1) is 5.10 Å². The third kappa shape index (κ3) is 4.38. The van der Waals surface area contributed by atoms with Gasteiger partial charge in [0.25, 0.3) is 0 Å². The summed E-state index contributed by atoms with van der Waals surface area (Å²) in [5.74, 6) is -0.562. The molecule has 0 spiro atoms. The maximum absolute atomic E-state index is 13.6. The van der Waals surface area contributed by atoms with Crippen molar-refractivity contribution in [3.8, 4) is 5.69 Å². The quantitative estimate of drug-likeness (QED) is 0.466. The van der Waals surface area contributed by atoms with Crippen LogP contribution in [0.2, 0.25) is 0 Å². The number of halogens is 1. The average Bonchev–Trinajstić information content (AvgIpc) is 2.99. The minimum Gasteiger partial charge on any atom is -0.325 e. The monoisotopic (exact) mass is 405 g/mol. The smallest absolute Gasteiger partial charge is 0.237 e. The van der Waals surface area contributed by atoms with Gasteiger partial charge >= 0.3 is 0 Å². The number of benzene rings is 2. The molecule has 0 saturated heterocycles. The van der Waals surface area contributed by atoms with Crippen LogP contribution in [-0.2, 0) is 4.79 Å². The van der Waals surface area contributed by atoms with Crippen molar-refractivity contribution in [1.29, 1.82) is 0 Å². The van der Waals surface area contributed by atoms with Crippen LogP contribution < -0.4 is 5.32 Å². The van der Waals surface area contributed by atoms with Gasteiger partial charge in [0.1, 0.15) is 5.82 Å². The molecule has 0 aliphatic carbocycles. The number of aryl methyl sites for hydroxylation is 1. The van der Waals surface area contributed by atoms with Crippen molar-refractivity contribution in [1.82, 2.24) is 9.78 Å². The van der Waals surface area contributed by atoms with Gasteiger partial charge in [-0.2, -0.15) is 0 Å². The maximum atomic E-state index is 13.6. The van der Waals surface area contributed by atoms with E-state index in [1.165, 1.54) is 29.2 Å². The number of carbonyl (C=O) groups is 1. The normalized spacial score (nSPS) is 12.0. The molecule has 0 radical (unpaired) electrons. The van der Waals surface area contributed by atoms with Crippen molar-refractivity contribution in [2.24, 2.45) is 0 Å². The number of carbonyl (C=O) groups excluding carboxylic acids is 1. The first-order valence-corrected chi connectivity index (χ1v) is 9.94. The number of amides is 1. The Labute approximate surface area is 164 Å². The topological polar surface area (TPSA) is 46.9 Å². The SMILES string of the molecule is Cc1ccc(NC(=O)[C@H](C)Sc2nn(-c3ccccc3)c(=S)s2)cc1F. The zero-order valence-electron chi connectivity index (χ0n) is 14.1. The Kier molecular flexibility index (Phi) is 5.85. The first-order valence-electron chi connectivity index (χ1n) is 7.83. The van der Waals surface area contributed by atoms with E-state index in [4.69, 9.17) is 12.2 Å². The molecule has 1 atom stereocenters. The van der Waals surface area contributed by atoms with Crippen molar-refractivity contribution in [2.45, 2.75) is 23.4 Å². The van der Waals surface area contributed by atoms with Crippen LogP contribution in [0.5, 0.6) is 0 Å². The lowest BCUT2D eigenvalue weighted by Gasteiger charge is -2.11. The van der Waals surface area contributed by atoms with Crippen molar-refractivity contribution in [3.63, 3.8) is 0 Å². The molecule has 1 N–H and O–H groups in total. The fraction of sp³-hybridized carbons (Fsp3) is 0.167. The van der Waals surface area contributed by atoms with E-state index in [-0.39, 0.29) is 11.7 Å². The van der Waals surface area contributed by atoms with E-state index < -0.39 is 5.25 Å². The first kappa shape index (κ1) is 18.8. The van der Waals surface area contributed by atoms with Gasteiger partial charge in [0.2, 0.25) is 5.91 Å². The van der Waals surface area contributed by atoms with Crippen LogP contribution in [-0.4, -0.2) is 20.9 Å². The molecule has 3 aromatic rings. The third-order valence-electron chi connectivity index (χ3n) is 3.62. The number of thioether (sulfide) groups is 1. The fourth-order valence-electron chi connectivity index (χ4n) is 2.16. The Morgan fingerprint density at radius 2 is 2.04 bits per heavy atom. The molecule has 0 aliphatic heterocycles. The van der Waals surface area contributed by atoms with Crippen LogP contribution in [0.3, 0.4) is 0 Å². The van der Waals surface area contributed by atoms with Crippen molar-refractivity contribution in [3.05, 3.63) is 63.9 Å². The van der Waals surface area contributed by atoms with Crippen LogP contribution in [0.25, 0.3) is 5.69 Å². The van der Waals surface area contributed by atoms with Gasteiger partial charge in [-0.25, -0.2) is 9.07 Å². The zero-order valence-corrected chi connectivity index (χ0v) is 16.6. The molecule has 0 fully saturated rings. The van der Waals surface area contributed by atoms with E-state index in [0.29, 0.717) is 19.5 Å². The second kappa shape index (κ2) is 8.11. The highest BCUT2D eigenvalue weighted by Crippen LogP contribution is 2.28. The Morgan fingerprint density at radius 1 is 1.31 bits per heavy atom. The highest BCUT2D eigenvalue weighted by Gasteiger charge is 2.18.